The third-order valence-corrected chi connectivity index (χ3v) is 6.22. The van der Waals surface area contributed by atoms with Crippen LogP contribution in [0.5, 0.6) is 11.5 Å². The van der Waals surface area contributed by atoms with Crippen LogP contribution in [0.15, 0.2) is 54.9 Å². The van der Waals surface area contributed by atoms with Crippen LogP contribution in [0, 0.1) is 11.8 Å². The van der Waals surface area contributed by atoms with Crippen molar-refractivity contribution < 1.29 is 23.8 Å². The van der Waals surface area contributed by atoms with Gasteiger partial charge in [0.15, 0.2) is 0 Å². The maximum Gasteiger partial charge on any atom is 0.231 e. The lowest BCUT2D eigenvalue weighted by atomic mass is 9.77. The smallest absolute Gasteiger partial charge is 0.231 e. The number of carbonyl (C=O) groups is 2. The molecule has 2 saturated heterocycles. The van der Waals surface area contributed by atoms with Crippen LogP contribution in [-0.2, 0) is 20.9 Å². The van der Waals surface area contributed by atoms with Gasteiger partial charge in [-0.15, -0.1) is 0 Å². The van der Waals surface area contributed by atoms with E-state index in [4.69, 9.17) is 14.2 Å². The van der Waals surface area contributed by atoms with Gasteiger partial charge in [0.2, 0.25) is 11.8 Å². The first kappa shape index (κ1) is 19.6. The second kappa shape index (κ2) is 7.39. The number of anilines is 1. The SMILES string of the molecule is COc1cc(NC(=O)C2C3C(=O)N(Cc4ccncc4)C[C@]34C=C[C@H]2O4)cc(OC)c1. The predicted molar refractivity (Wildman–Crippen MR) is 112 cm³/mol. The Morgan fingerprint density at radius 1 is 1.23 bits per heavy atom. The summed E-state index contributed by atoms with van der Waals surface area (Å²) in [5.41, 5.74) is 0.784. The number of hydrogen-bond donors (Lipinski definition) is 1. The first-order valence-corrected chi connectivity index (χ1v) is 10.1. The quantitative estimate of drug-likeness (QED) is 0.718. The largest absolute Gasteiger partial charge is 0.497 e. The zero-order chi connectivity index (χ0) is 21.6. The molecule has 0 saturated carbocycles. The summed E-state index contributed by atoms with van der Waals surface area (Å²) in [4.78, 5) is 32.4. The van der Waals surface area contributed by atoms with Crippen molar-refractivity contribution >= 4 is 17.5 Å². The van der Waals surface area contributed by atoms with Crippen LogP contribution in [0.2, 0.25) is 0 Å². The number of ether oxygens (including phenoxy) is 3. The summed E-state index contributed by atoms with van der Waals surface area (Å²) in [6, 6.07) is 8.92. The average molecular weight is 421 g/mol. The Kier molecular flexibility index (Phi) is 4.66. The van der Waals surface area contributed by atoms with Crippen LogP contribution in [0.25, 0.3) is 0 Å². The molecule has 4 atom stereocenters. The Morgan fingerprint density at radius 3 is 2.61 bits per heavy atom. The number of hydrogen-bond acceptors (Lipinski definition) is 6. The highest BCUT2D eigenvalue weighted by Gasteiger charge is 2.66. The Labute approximate surface area is 179 Å². The normalized spacial score (nSPS) is 28.0. The van der Waals surface area contributed by atoms with Gasteiger partial charge in [-0.1, -0.05) is 12.2 Å². The van der Waals surface area contributed by atoms with E-state index in [0.717, 1.165) is 5.56 Å². The van der Waals surface area contributed by atoms with Gasteiger partial charge in [-0.05, 0) is 17.7 Å². The van der Waals surface area contributed by atoms with Crippen LogP contribution in [-0.4, -0.2) is 54.2 Å². The van der Waals surface area contributed by atoms with E-state index in [1.165, 1.54) is 0 Å². The first-order valence-electron chi connectivity index (χ1n) is 10.1. The van der Waals surface area contributed by atoms with Gasteiger partial charge in [0.1, 0.15) is 17.1 Å². The Hall–Kier alpha value is -3.39. The van der Waals surface area contributed by atoms with Gasteiger partial charge in [-0.2, -0.15) is 0 Å². The van der Waals surface area contributed by atoms with Gasteiger partial charge < -0.3 is 24.4 Å². The van der Waals surface area contributed by atoms with Crippen LogP contribution in [0.4, 0.5) is 5.69 Å². The molecule has 2 bridgehead atoms. The van der Waals surface area contributed by atoms with Crippen LogP contribution in [0.3, 0.4) is 0 Å². The lowest BCUT2D eigenvalue weighted by Gasteiger charge is -2.23. The lowest BCUT2D eigenvalue weighted by Crippen LogP contribution is -2.41. The number of benzene rings is 1. The van der Waals surface area contributed by atoms with Crippen molar-refractivity contribution in [3.8, 4) is 11.5 Å². The number of aromatic nitrogens is 1. The fourth-order valence-corrected chi connectivity index (χ4v) is 4.83. The molecule has 1 aromatic carbocycles. The molecule has 5 rings (SSSR count). The van der Waals surface area contributed by atoms with E-state index >= 15 is 0 Å². The second-order valence-corrected chi connectivity index (χ2v) is 8.04. The minimum absolute atomic E-state index is 0.0629. The number of pyridine rings is 1. The van der Waals surface area contributed by atoms with Gasteiger partial charge in [-0.3, -0.25) is 14.6 Å². The number of carbonyl (C=O) groups excluding carboxylic acids is 2. The fourth-order valence-electron chi connectivity index (χ4n) is 4.83. The molecular formula is C23H23N3O5. The van der Waals surface area contributed by atoms with Gasteiger partial charge in [0.25, 0.3) is 0 Å². The topological polar surface area (TPSA) is 90.0 Å². The molecule has 1 N–H and O–H groups in total. The average Bonchev–Trinajstić information content (AvgIpc) is 3.42. The van der Waals surface area contributed by atoms with Crippen molar-refractivity contribution in [3.63, 3.8) is 0 Å². The number of methoxy groups -OCH3 is 2. The summed E-state index contributed by atoms with van der Waals surface area (Å²) < 4.78 is 16.7. The van der Waals surface area contributed by atoms with E-state index in [0.29, 0.717) is 30.3 Å². The molecule has 1 aromatic heterocycles. The molecule has 8 heteroatoms. The van der Waals surface area contributed by atoms with Crippen LogP contribution < -0.4 is 14.8 Å². The van der Waals surface area contributed by atoms with E-state index in [1.54, 1.807) is 49.7 Å². The standard InChI is InChI=1S/C23H23N3O5/c1-29-16-9-15(10-17(11-16)30-2)25-21(27)19-18-3-6-23(31-18)13-26(22(28)20(19)23)12-14-4-7-24-8-5-14/h3-11,18-20H,12-13H2,1-2H3,(H,25,27)/t18-,19?,20?,23-/m1/s1. The highest BCUT2D eigenvalue weighted by molar-refractivity contribution is 5.99. The van der Waals surface area contributed by atoms with Crippen molar-refractivity contribution in [2.24, 2.45) is 11.8 Å². The monoisotopic (exact) mass is 421 g/mol. The molecule has 31 heavy (non-hydrogen) atoms. The van der Waals surface area contributed by atoms with E-state index in [-0.39, 0.29) is 11.8 Å². The molecule has 1 spiro atoms. The fraction of sp³-hybridized carbons (Fsp3) is 0.348. The van der Waals surface area contributed by atoms with E-state index < -0.39 is 23.5 Å². The van der Waals surface area contributed by atoms with Gasteiger partial charge in [0, 0.05) is 42.8 Å². The van der Waals surface area contributed by atoms with Gasteiger partial charge in [0.05, 0.1) is 38.7 Å². The summed E-state index contributed by atoms with van der Waals surface area (Å²) in [6.07, 6.45) is 6.84. The van der Waals surface area contributed by atoms with Crippen LogP contribution in [0.1, 0.15) is 5.56 Å². The molecule has 2 unspecified atom stereocenters. The number of fused-ring (bicyclic) bond motifs is 1. The van der Waals surface area contributed by atoms with Crippen molar-refractivity contribution in [1.29, 1.82) is 0 Å². The molecule has 4 heterocycles. The number of likely N-dealkylation sites (tertiary alicyclic amines) is 1. The lowest BCUT2D eigenvalue weighted by molar-refractivity contribution is -0.136. The highest BCUT2D eigenvalue weighted by Crippen LogP contribution is 2.52. The molecule has 8 nitrogen and oxygen atoms in total. The maximum absolute atomic E-state index is 13.3. The minimum Gasteiger partial charge on any atom is -0.497 e. The van der Waals surface area contributed by atoms with Crippen molar-refractivity contribution in [1.82, 2.24) is 9.88 Å². The van der Waals surface area contributed by atoms with Crippen molar-refractivity contribution in [2.45, 2.75) is 18.2 Å². The molecule has 3 aliphatic heterocycles. The number of nitrogens with zero attached hydrogens (tertiary/aromatic N) is 2. The van der Waals surface area contributed by atoms with Gasteiger partial charge in [-0.25, -0.2) is 0 Å². The Bertz CT molecular complexity index is 1030. The zero-order valence-corrected chi connectivity index (χ0v) is 17.3. The first-order chi connectivity index (χ1) is 15.0. The number of nitrogens with one attached hydrogen (secondary N) is 1. The number of amides is 2. The summed E-state index contributed by atoms with van der Waals surface area (Å²) in [5, 5.41) is 2.92. The maximum atomic E-state index is 13.3. The van der Waals surface area contributed by atoms with Crippen molar-refractivity contribution in [2.75, 3.05) is 26.1 Å². The summed E-state index contributed by atoms with van der Waals surface area (Å²) >= 11 is 0. The molecule has 2 amide bonds. The second-order valence-electron chi connectivity index (χ2n) is 8.04. The summed E-state index contributed by atoms with van der Waals surface area (Å²) in [6.45, 7) is 0.894. The zero-order valence-electron chi connectivity index (χ0n) is 17.3. The van der Waals surface area contributed by atoms with E-state index in [1.807, 2.05) is 24.3 Å². The van der Waals surface area contributed by atoms with E-state index in [2.05, 4.69) is 10.3 Å². The highest BCUT2D eigenvalue weighted by atomic mass is 16.5. The molecule has 0 radical (unpaired) electrons. The molecule has 160 valence electrons. The predicted octanol–water partition coefficient (Wildman–Crippen LogP) is 2.02. The third kappa shape index (κ3) is 3.23. The third-order valence-electron chi connectivity index (χ3n) is 6.22. The summed E-state index contributed by atoms with van der Waals surface area (Å²) in [5.74, 6) is -0.331. The molecular weight excluding hydrogens is 398 g/mol. The Balaban J connectivity index is 1.38. The van der Waals surface area contributed by atoms with E-state index in [9.17, 15) is 9.59 Å². The van der Waals surface area contributed by atoms with Crippen molar-refractivity contribution in [3.05, 3.63) is 60.4 Å². The van der Waals surface area contributed by atoms with Gasteiger partial charge >= 0.3 is 0 Å². The molecule has 0 aliphatic carbocycles. The number of rotatable bonds is 6. The molecule has 2 aromatic rings. The molecule has 2 fully saturated rings. The Morgan fingerprint density at radius 2 is 1.94 bits per heavy atom. The molecule has 3 aliphatic rings. The summed E-state index contributed by atoms with van der Waals surface area (Å²) in [7, 11) is 3.10. The van der Waals surface area contributed by atoms with Crippen LogP contribution >= 0.6 is 0 Å². The minimum atomic E-state index is -0.747.